The first-order valence-electron chi connectivity index (χ1n) is 6.35. The Labute approximate surface area is 124 Å². The van der Waals surface area contributed by atoms with Crippen molar-refractivity contribution in [2.45, 2.75) is 13.5 Å². The maximum Gasteiger partial charge on any atom is 0.145 e. The summed E-state index contributed by atoms with van der Waals surface area (Å²) >= 11 is 6.14. The van der Waals surface area contributed by atoms with Crippen molar-refractivity contribution in [3.8, 4) is 11.5 Å². The van der Waals surface area contributed by atoms with Crippen LogP contribution in [0.2, 0.25) is 5.02 Å². The van der Waals surface area contributed by atoms with E-state index in [1.165, 1.54) is 11.1 Å². The average Bonchev–Trinajstić information content (AvgIpc) is 2.45. The lowest BCUT2D eigenvalue weighted by atomic mass is 10.1. The molecule has 0 aliphatic rings. The molecule has 0 saturated carbocycles. The van der Waals surface area contributed by atoms with E-state index in [9.17, 15) is 0 Å². The third kappa shape index (κ3) is 3.36. The number of methoxy groups -OCH3 is 2. The Morgan fingerprint density at radius 2 is 1.80 bits per heavy atom. The molecule has 0 aromatic heterocycles. The summed E-state index contributed by atoms with van der Waals surface area (Å²) in [5.74, 6) is 1.31. The molecule has 0 atom stereocenters. The number of halogens is 1. The van der Waals surface area contributed by atoms with Crippen LogP contribution in [0.1, 0.15) is 11.1 Å². The van der Waals surface area contributed by atoms with Crippen molar-refractivity contribution in [1.82, 2.24) is 0 Å². The Kier molecular flexibility index (Phi) is 4.74. The minimum Gasteiger partial charge on any atom is -0.495 e. The molecule has 0 aliphatic carbocycles. The van der Waals surface area contributed by atoms with Crippen LogP contribution in [0.3, 0.4) is 0 Å². The summed E-state index contributed by atoms with van der Waals surface area (Å²) in [6.45, 7) is 2.79. The van der Waals surface area contributed by atoms with Crippen molar-refractivity contribution in [3.05, 3.63) is 52.5 Å². The first-order chi connectivity index (χ1) is 9.63. The van der Waals surface area contributed by atoms with E-state index >= 15 is 0 Å². The fraction of sp³-hybridized carbons (Fsp3) is 0.250. The number of benzene rings is 2. The molecular weight excluding hydrogens is 274 g/mol. The lowest BCUT2D eigenvalue weighted by Crippen LogP contribution is -2.02. The van der Waals surface area contributed by atoms with Crippen LogP contribution in [0.15, 0.2) is 36.4 Å². The van der Waals surface area contributed by atoms with Crippen molar-refractivity contribution < 1.29 is 9.47 Å². The molecule has 2 aromatic carbocycles. The standard InChI is InChI=1S/C16H18ClNO2/c1-11-5-4-6-12(7-11)10-18-14-8-13(17)15(19-2)9-16(14)20-3/h4-9,18H,10H2,1-3H3. The molecule has 0 radical (unpaired) electrons. The topological polar surface area (TPSA) is 30.5 Å². The lowest BCUT2D eigenvalue weighted by Gasteiger charge is -2.14. The molecule has 2 rings (SSSR count). The van der Waals surface area contributed by atoms with E-state index in [1.54, 1.807) is 20.3 Å². The molecule has 0 bridgehead atoms. The highest BCUT2D eigenvalue weighted by Gasteiger charge is 2.09. The van der Waals surface area contributed by atoms with Gasteiger partial charge in [0.1, 0.15) is 11.5 Å². The van der Waals surface area contributed by atoms with E-state index in [-0.39, 0.29) is 0 Å². The van der Waals surface area contributed by atoms with Crippen LogP contribution in [-0.4, -0.2) is 14.2 Å². The SMILES string of the molecule is COc1cc(OC)c(NCc2cccc(C)c2)cc1Cl. The molecule has 0 aliphatic heterocycles. The third-order valence-corrected chi connectivity index (χ3v) is 3.33. The fourth-order valence-corrected chi connectivity index (χ4v) is 2.26. The van der Waals surface area contributed by atoms with Crippen molar-refractivity contribution in [2.24, 2.45) is 0 Å². The normalized spacial score (nSPS) is 10.2. The zero-order chi connectivity index (χ0) is 14.5. The van der Waals surface area contributed by atoms with Gasteiger partial charge < -0.3 is 14.8 Å². The van der Waals surface area contributed by atoms with E-state index in [4.69, 9.17) is 21.1 Å². The number of nitrogens with one attached hydrogen (secondary N) is 1. The van der Waals surface area contributed by atoms with Crippen LogP contribution < -0.4 is 14.8 Å². The van der Waals surface area contributed by atoms with Gasteiger partial charge in [-0.15, -0.1) is 0 Å². The van der Waals surface area contributed by atoms with Crippen molar-refractivity contribution in [1.29, 1.82) is 0 Å². The summed E-state index contributed by atoms with van der Waals surface area (Å²) in [7, 11) is 3.21. The molecule has 0 heterocycles. The zero-order valence-electron chi connectivity index (χ0n) is 11.9. The Hall–Kier alpha value is -1.87. The summed E-state index contributed by atoms with van der Waals surface area (Å²) < 4.78 is 10.5. The van der Waals surface area contributed by atoms with Gasteiger partial charge in [0.25, 0.3) is 0 Å². The van der Waals surface area contributed by atoms with E-state index in [0.29, 0.717) is 23.1 Å². The third-order valence-electron chi connectivity index (χ3n) is 3.04. The molecule has 106 valence electrons. The molecule has 0 amide bonds. The molecule has 20 heavy (non-hydrogen) atoms. The predicted molar refractivity (Wildman–Crippen MR) is 83.1 cm³/mol. The fourth-order valence-electron chi connectivity index (χ4n) is 2.02. The highest BCUT2D eigenvalue weighted by Crippen LogP contribution is 2.36. The van der Waals surface area contributed by atoms with Gasteiger partial charge in [-0.05, 0) is 18.6 Å². The molecular formula is C16H18ClNO2. The molecule has 1 N–H and O–H groups in total. The van der Waals surface area contributed by atoms with Crippen LogP contribution in [0.25, 0.3) is 0 Å². The second-order valence-corrected chi connectivity index (χ2v) is 4.94. The lowest BCUT2D eigenvalue weighted by molar-refractivity contribution is 0.395. The van der Waals surface area contributed by atoms with E-state index in [2.05, 4.69) is 30.4 Å². The molecule has 2 aromatic rings. The van der Waals surface area contributed by atoms with Crippen molar-refractivity contribution in [3.63, 3.8) is 0 Å². The second-order valence-electron chi connectivity index (χ2n) is 4.53. The number of ether oxygens (including phenoxy) is 2. The number of anilines is 1. The summed E-state index contributed by atoms with van der Waals surface area (Å²) in [5, 5.41) is 3.89. The highest BCUT2D eigenvalue weighted by molar-refractivity contribution is 6.32. The van der Waals surface area contributed by atoms with Gasteiger partial charge in [0.05, 0.1) is 24.9 Å². The first-order valence-corrected chi connectivity index (χ1v) is 6.72. The van der Waals surface area contributed by atoms with Gasteiger partial charge in [-0.1, -0.05) is 41.4 Å². The van der Waals surface area contributed by atoms with Crippen LogP contribution in [0.4, 0.5) is 5.69 Å². The average molecular weight is 292 g/mol. The second kappa shape index (κ2) is 6.53. The van der Waals surface area contributed by atoms with Crippen molar-refractivity contribution >= 4 is 17.3 Å². The summed E-state index contributed by atoms with van der Waals surface area (Å²) in [6, 6.07) is 11.9. The number of hydrogen-bond donors (Lipinski definition) is 1. The zero-order valence-corrected chi connectivity index (χ0v) is 12.6. The van der Waals surface area contributed by atoms with Crippen LogP contribution >= 0.6 is 11.6 Å². The number of hydrogen-bond acceptors (Lipinski definition) is 3. The molecule has 0 unspecified atom stereocenters. The minimum atomic E-state index is 0.556. The van der Waals surface area contributed by atoms with Crippen LogP contribution in [-0.2, 0) is 6.54 Å². The number of aryl methyl sites for hydroxylation is 1. The molecule has 0 spiro atoms. The quantitative estimate of drug-likeness (QED) is 0.892. The Balaban J connectivity index is 2.18. The maximum atomic E-state index is 6.14. The molecule has 4 heteroatoms. The minimum absolute atomic E-state index is 0.556. The predicted octanol–water partition coefficient (Wildman–Crippen LogP) is 4.28. The molecule has 0 saturated heterocycles. The number of rotatable bonds is 5. The van der Waals surface area contributed by atoms with Gasteiger partial charge >= 0.3 is 0 Å². The molecule has 3 nitrogen and oxygen atoms in total. The highest BCUT2D eigenvalue weighted by atomic mass is 35.5. The van der Waals surface area contributed by atoms with Crippen LogP contribution in [0, 0.1) is 6.92 Å². The van der Waals surface area contributed by atoms with Gasteiger partial charge in [0.2, 0.25) is 0 Å². The van der Waals surface area contributed by atoms with Gasteiger partial charge in [-0.3, -0.25) is 0 Å². The van der Waals surface area contributed by atoms with Crippen LogP contribution in [0.5, 0.6) is 11.5 Å². The van der Waals surface area contributed by atoms with E-state index < -0.39 is 0 Å². The van der Waals surface area contributed by atoms with Gasteiger partial charge in [0, 0.05) is 12.6 Å². The summed E-state index contributed by atoms with van der Waals surface area (Å²) in [5.41, 5.74) is 3.29. The van der Waals surface area contributed by atoms with Gasteiger partial charge in [-0.2, -0.15) is 0 Å². The first kappa shape index (κ1) is 14.5. The van der Waals surface area contributed by atoms with Crippen molar-refractivity contribution in [2.75, 3.05) is 19.5 Å². The van der Waals surface area contributed by atoms with E-state index in [0.717, 1.165) is 5.69 Å². The summed E-state index contributed by atoms with van der Waals surface area (Å²) in [4.78, 5) is 0. The van der Waals surface area contributed by atoms with Gasteiger partial charge in [0.15, 0.2) is 0 Å². The monoisotopic (exact) mass is 291 g/mol. The van der Waals surface area contributed by atoms with Gasteiger partial charge in [-0.25, -0.2) is 0 Å². The Bertz CT molecular complexity index is 599. The maximum absolute atomic E-state index is 6.14. The smallest absolute Gasteiger partial charge is 0.145 e. The Morgan fingerprint density at radius 3 is 2.45 bits per heavy atom. The summed E-state index contributed by atoms with van der Waals surface area (Å²) in [6.07, 6.45) is 0. The Morgan fingerprint density at radius 1 is 1.05 bits per heavy atom. The largest absolute Gasteiger partial charge is 0.495 e. The van der Waals surface area contributed by atoms with E-state index in [1.807, 2.05) is 12.1 Å². The molecule has 0 fully saturated rings.